The van der Waals surface area contributed by atoms with Crippen molar-refractivity contribution in [1.82, 2.24) is 9.62 Å². The highest BCUT2D eigenvalue weighted by atomic mass is 32.2. The van der Waals surface area contributed by atoms with Gasteiger partial charge in [-0.1, -0.05) is 18.2 Å². The summed E-state index contributed by atoms with van der Waals surface area (Å²) in [7, 11) is -1.02. The standard InChI is InChI=1S/C15H25N3O2S/c1-17(12-10-16-21(2,19)20)15-9-6-11-18(13-15)14-7-4-3-5-8-14/h3-5,7-8,15-16H,6,9-13H2,1-2H3/t15-/m0/s1. The molecule has 1 aliphatic heterocycles. The summed E-state index contributed by atoms with van der Waals surface area (Å²) >= 11 is 0. The molecule has 0 unspecified atom stereocenters. The van der Waals surface area contributed by atoms with Crippen molar-refractivity contribution in [1.29, 1.82) is 0 Å². The molecule has 1 fully saturated rings. The zero-order chi connectivity index (χ0) is 15.3. The van der Waals surface area contributed by atoms with E-state index in [9.17, 15) is 8.42 Å². The van der Waals surface area contributed by atoms with Gasteiger partial charge in [-0.25, -0.2) is 13.1 Å². The van der Waals surface area contributed by atoms with Gasteiger partial charge in [0.15, 0.2) is 0 Å². The molecule has 0 aromatic heterocycles. The quantitative estimate of drug-likeness (QED) is 0.856. The third-order valence-corrected chi connectivity index (χ3v) is 4.70. The number of hydrogen-bond acceptors (Lipinski definition) is 4. The molecule has 0 amide bonds. The number of rotatable bonds is 6. The molecule has 118 valence electrons. The average molecular weight is 311 g/mol. The first-order valence-corrected chi connectivity index (χ1v) is 9.30. The molecule has 6 heteroatoms. The Kier molecular flexibility index (Phi) is 5.61. The number of nitrogens with one attached hydrogen (secondary N) is 1. The van der Waals surface area contributed by atoms with Crippen molar-refractivity contribution < 1.29 is 8.42 Å². The maximum absolute atomic E-state index is 11.1. The first kappa shape index (κ1) is 16.3. The Hall–Kier alpha value is -1.11. The molecule has 1 aromatic rings. The van der Waals surface area contributed by atoms with Gasteiger partial charge in [0.2, 0.25) is 10.0 Å². The summed E-state index contributed by atoms with van der Waals surface area (Å²) in [6, 6.07) is 10.9. The molecule has 1 aliphatic rings. The van der Waals surface area contributed by atoms with Crippen molar-refractivity contribution in [2.75, 3.05) is 44.4 Å². The lowest BCUT2D eigenvalue weighted by Crippen LogP contribution is -2.48. The van der Waals surface area contributed by atoms with Gasteiger partial charge in [0.05, 0.1) is 6.26 Å². The van der Waals surface area contributed by atoms with Gasteiger partial charge in [0.25, 0.3) is 0 Å². The van der Waals surface area contributed by atoms with Gasteiger partial charge >= 0.3 is 0 Å². The highest BCUT2D eigenvalue weighted by Gasteiger charge is 2.23. The van der Waals surface area contributed by atoms with Gasteiger partial charge in [-0.15, -0.1) is 0 Å². The second kappa shape index (κ2) is 7.24. The number of sulfonamides is 1. The number of hydrogen-bond donors (Lipinski definition) is 1. The Labute approximate surface area is 128 Å². The molecule has 0 bridgehead atoms. The first-order valence-electron chi connectivity index (χ1n) is 7.40. The normalized spacial score (nSPS) is 20.0. The van der Waals surface area contributed by atoms with E-state index in [4.69, 9.17) is 0 Å². The SMILES string of the molecule is CN(CCNS(C)(=O)=O)[C@H]1CCCN(c2ccccc2)C1. The molecule has 0 saturated carbocycles. The lowest BCUT2D eigenvalue weighted by atomic mass is 10.0. The second-order valence-electron chi connectivity index (χ2n) is 5.72. The third-order valence-electron chi connectivity index (χ3n) is 3.97. The molecular formula is C15H25N3O2S. The molecule has 1 heterocycles. The fourth-order valence-corrected chi connectivity index (χ4v) is 3.24. The smallest absolute Gasteiger partial charge is 0.208 e. The molecule has 0 spiro atoms. The number of benzene rings is 1. The van der Waals surface area contributed by atoms with Crippen LogP contribution < -0.4 is 9.62 Å². The maximum Gasteiger partial charge on any atom is 0.208 e. The van der Waals surface area contributed by atoms with Crippen LogP contribution in [0.1, 0.15) is 12.8 Å². The lowest BCUT2D eigenvalue weighted by molar-refractivity contribution is 0.219. The largest absolute Gasteiger partial charge is 0.370 e. The summed E-state index contributed by atoms with van der Waals surface area (Å²) in [5, 5.41) is 0. The van der Waals surface area contributed by atoms with Crippen LogP contribution in [0, 0.1) is 0 Å². The number of anilines is 1. The van der Waals surface area contributed by atoms with E-state index >= 15 is 0 Å². The summed E-state index contributed by atoms with van der Waals surface area (Å²) < 4.78 is 24.7. The number of likely N-dealkylation sites (N-methyl/N-ethyl adjacent to an activating group) is 1. The highest BCUT2D eigenvalue weighted by molar-refractivity contribution is 7.88. The van der Waals surface area contributed by atoms with Crippen molar-refractivity contribution in [2.45, 2.75) is 18.9 Å². The molecule has 0 radical (unpaired) electrons. The van der Waals surface area contributed by atoms with Crippen molar-refractivity contribution >= 4 is 15.7 Å². The molecule has 1 atom stereocenters. The summed E-state index contributed by atoms with van der Waals surface area (Å²) in [4.78, 5) is 4.67. The molecule has 21 heavy (non-hydrogen) atoms. The van der Waals surface area contributed by atoms with Crippen LogP contribution >= 0.6 is 0 Å². The monoisotopic (exact) mass is 311 g/mol. The van der Waals surface area contributed by atoms with Crippen LogP contribution in [-0.4, -0.2) is 58.8 Å². The molecule has 5 nitrogen and oxygen atoms in total. The van der Waals surface area contributed by atoms with Crippen molar-refractivity contribution in [2.24, 2.45) is 0 Å². The van der Waals surface area contributed by atoms with E-state index in [1.54, 1.807) is 0 Å². The molecule has 1 saturated heterocycles. The van der Waals surface area contributed by atoms with Crippen LogP contribution in [0.5, 0.6) is 0 Å². The van der Waals surface area contributed by atoms with Crippen molar-refractivity contribution in [3.63, 3.8) is 0 Å². The average Bonchev–Trinajstić information content (AvgIpc) is 2.47. The van der Waals surface area contributed by atoms with Gasteiger partial charge in [-0.3, -0.25) is 0 Å². The Morgan fingerprint density at radius 2 is 2.05 bits per heavy atom. The van der Waals surface area contributed by atoms with E-state index in [2.05, 4.69) is 45.8 Å². The second-order valence-corrected chi connectivity index (χ2v) is 7.56. The number of nitrogens with zero attached hydrogens (tertiary/aromatic N) is 2. The predicted molar refractivity (Wildman–Crippen MR) is 87.2 cm³/mol. The first-order chi connectivity index (χ1) is 9.96. The Bertz CT molecular complexity index is 533. The molecule has 2 rings (SSSR count). The summed E-state index contributed by atoms with van der Waals surface area (Å²) in [6.07, 6.45) is 3.53. The van der Waals surface area contributed by atoms with Crippen LogP contribution in [-0.2, 0) is 10.0 Å². The predicted octanol–water partition coefficient (Wildman–Crippen LogP) is 1.14. The van der Waals surface area contributed by atoms with E-state index in [-0.39, 0.29) is 0 Å². The fraction of sp³-hybridized carbons (Fsp3) is 0.600. The zero-order valence-corrected chi connectivity index (χ0v) is 13.6. The minimum Gasteiger partial charge on any atom is -0.370 e. The van der Waals surface area contributed by atoms with E-state index in [0.29, 0.717) is 12.6 Å². The van der Waals surface area contributed by atoms with Crippen LogP contribution in [0.2, 0.25) is 0 Å². The van der Waals surface area contributed by atoms with Crippen LogP contribution in [0.25, 0.3) is 0 Å². The molecule has 1 aromatic carbocycles. The molecule has 1 N–H and O–H groups in total. The lowest BCUT2D eigenvalue weighted by Gasteiger charge is -2.39. The summed E-state index contributed by atoms with van der Waals surface area (Å²) in [5.74, 6) is 0. The summed E-state index contributed by atoms with van der Waals surface area (Å²) in [6.45, 7) is 3.30. The van der Waals surface area contributed by atoms with E-state index < -0.39 is 10.0 Å². The fourth-order valence-electron chi connectivity index (χ4n) is 2.78. The summed E-state index contributed by atoms with van der Waals surface area (Å²) in [5.41, 5.74) is 1.27. The van der Waals surface area contributed by atoms with E-state index in [0.717, 1.165) is 19.6 Å². The van der Waals surface area contributed by atoms with E-state index in [1.165, 1.54) is 24.8 Å². The van der Waals surface area contributed by atoms with Gasteiger partial charge in [-0.05, 0) is 32.0 Å². The van der Waals surface area contributed by atoms with Crippen LogP contribution in [0.4, 0.5) is 5.69 Å². The van der Waals surface area contributed by atoms with Crippen molar-refractivity contribution in [3.05, 3.63) is 30.3 Å². The number of para-hydroxylation sites is 1. The van der Waals surface area contributed by atoms with Gasteiger partial charge < -0.3 is 9.80 Å². The van der Waals surface area contributed by atoms with Gasteiger partial charge in [0.1, 0.15) is 0 Å². The Morgan fingerprint density at radius 1 is 1.33 bits per heavy atom. The molecule has 0 aliphatic carbocycles. The number of piperidine rings is 1. The Balaban J connectivity index is 1.86. The van der Waals surface area contributed by atoms with E-state index in [1.807, 2.05) is 6.07 Å². The highest BCUT2D eigenvalue weighted by Crippen LogP contribution is 2.21. The topological polar surface area (TPSA) is 52.7 Å². The zero-order valence-electron chi connectivity index (χ0n) is 12.8. The van der Waals surface area contributed by atoms with Gasteiger partial charge in [-0.2, -0.15) is 0 Å². The van der Waals surface area contributed by atoms with Crippen LogP contribution in [0.15, 0.2) is 30.3 Å². The maximum atomic E-state index is 11.1. The minimum absolute atomic E-state index is 0.469. The minimum atomic E-state index is -3.09. The van der Waals surface area contributed by atoms with Crippen molar-refractivity contribution in [3.8, 4) is 0 Å². The third kappa shape index (κ3) is 5.30. The Morgan fingerprint density at radius 3 is 2.71 bits per heavy atom. The molecular weight excluding hydrogens is 286 g/mol. The van der Waals surface area contributed by atoms with Crippen LogP contribution in [0.3, 0.4) is 0 Å². The van der Waals surface area contributed by atoms with Gasteiger partial charge in [0, 0.05) is 37.9 Å².